The van der Waals surface area contributed by atoms with Crippen LogP contribution >= 0.6 is 15.9 Å². The van der Waals surface area contributed by atoms with Crippen LogP contribution in [0.15, 0.2) is 46.0 Å². The van der Waals surface area contributed by atoms with Gasteiger partial charge in [-0.05, 0) is 57.9 Å². The van der Waals surface area contributed by atoms with Crippen molar-refractivity contribution in [2.75, 3.05) is 14.2 Å². The molecule has 0 bridgehead atoms. The maximum atomic E-state index is 11.9. The summed E-state index contributed by atoms with van der Waals surface area (Å²) >= 11 is 3.22. The predicted molar refractivity (Wildman–Crippen MR) is 90.4 cm³/mol. The fourth-order valence-electron chi connectivity index (χ4n) is 1.80. The number of hydrogen-bond donors (Lipinski definition) is 2. The van der Waals surface area contributed by atoms with Crippen molar-refractivity contribution in [3.8, 4) is 17.2 Å². The molecular formula is C16H15BrN2O4. The van der Waals surface area contributed by atoms with E-state index in [9.17, 15) is 9.90 Å². The minimum absolute atomic E-state index is 0.00641. The van der Waals surface area contributed by atoms with E-state index in [4.69, 9.17) is 9.47 Å². The number of nitrogens with one attached hydrogen (secondary N) is 1. The Labute approximate surface area is 141 Å². The van der Waals surface area contributed by atoms with Crippen molar-refractivity contribution in [3.05, 3.63) is 52.0 Å². The Balaban J connectivity index is 2.06. The minimum Gasteiger partial charge on any atom is -0.503 e. The first-order valence-corrected chi connectivity index (χ1v) is 7.38. The van der Waals surface area contributed by atoms with Gasteiger partial charge in [-0.25, -0.2) is 5.43 Å². The largest absolute Gasteiger partial charge is 0.503 e. The van der Waals surface area contributed by atoms with Crippen LogP contribution in [0.3, 0.4) is 0 Å². The second-order valence-electron chi connectivity index (χ2n) is 4.48. The molecule has 7 heteroatoms. The third-order valence-electron chi connectivity index (χ3n) is 3.00. The molecule has 120 valence electrons. The van der Waals surface area contributed by atoms with E-state index < -0.39 is 0 Å². The Hall–Kier alpha value is -2.54. The van der Waals surface area contributed by atoms with Crippen LogP contribution in [0.25, 0.3) is 0 Å². The van der Waals surface area contributed by atoms with Gasteiger partial charge in [-0.3, -0.25) is 4.79 Å². The Morgan fingerprint density at radius 3 is 2.52 bits per heavy atom. The van der Waals surface area contributed by atoms with Gasteiger partial charge in [0.25, 0.3) is 5.91 Å². The average Bonchev–Trinajstić information content (AvgIpc) is 2.57. The maximum Gasteiger partial charge on any atom is 0.271 e. The molecule has 2 aromatic carbocycles. The number of amides is 1. The Morgan fingerprint density at radius 1 is 1.22 bits per heavy atom. The summed E-state index contributed by atoms with van der Waals surface area (Å²) in [7, 11) is 3.01. The second kappa shape index (κ2) is 7.64. The third kappa shape index (κ3) is 4.23. The van der Waals surface area contributed by atoms with Gasteiger partial charge in [0.1, 0.15) is 5.75 Å². The van der Waals surface area contributed by atoms with E-state index in [0.29, 0.717) is 27.1 Å². The Bertz CT molecular complexity index is 730. The highest BCUT2D eigenvalue weighted by molar-refractivity contribution is 9.10. The number of methoxy groups -OCH3 is 2. The zero-order chi connectivity index (χ0) is 16.8. The van der Waals surface area contributed by atoms with Gasteiger partial charge in [-0.2, -0.15) is 5.10 Å². The molecule has 0 saturated heterocycles. The maximum absolute atomic E-state index is 11.9. The molecule has 0 aliphatic heterocycles. The lowest BCUT2D eigenvalue weighted by Crippen LogP contribution is -2.17. The van der Waals surface area contributed by atoms with E-state index in [0.717, 1.165) is 0 Å². The summed E-state index contributed by atoms with van der Waals surface area (Å²) in [6.07, 6.45) is 1.45. The van der Waals surface area contributed by atoms with Gasteiger partial charge in [-0.15, -0.1) is 0 Å². The summed E-state index contributed by atoms with van der Waals surface area (Å²) in [5.74, 6) is 0.647. The number of hydrazone groups is 1. The van der Waals surface area contributed by atoms with Crippen molar-refractivity contribution in [2.24, 2.45) is 5.10 Å². The lowest BCUT2D eigenvalue weighted by atomic mass is 10.2. The van der Waals surface area contributed by atoms with Crippen LogP contribution in [-0.2, 0) is 0 Å². The van der Waals surface area contributed by atoms with Gasteiger partial charge in [0, 0.05) is 5.56 Å². The summed E-state index contributed by atoms with van der Waals surface area (Å²) in [4.78, 5) is 11.9. The van der Waals surface area contributed by atoms with Crippen molar-refractivity contribution in [2.45, 2.75) is 0 Å². The van der Waals surface area contributed by atoms with Crippen molar-refractivity contribution < 1.29 is 19.4 Å². The molecule has 0 atom stereocenters. The highest BCUT2D eigenvalue weighted by Crippen LogP contribution is 2.34. The standard InChI is InChI=1S/C16H15BrN2O4/c1-22-12-5-3-11(4-6-12)16(21)19-18-9-10-7-13(17)15(20)14(8-10)23-2/h3-9,20H,1-2H3,(H,19,21)/b18-9+. The molecule has 2 rings (SSSR count). The van der Waals surface area contributed by atoms with Crippen LogP contribution < -0.4 is 14.9 Å². The Morgan fingerprint density at radius 2 is 1.91 bits per heavy atom. The molecule has 0 aliphatic carbocycles. The van der Waals surface area contributed by atoms with Crippen LogP contribution in [0.4, 0.5) is 0 Å². The number of ether oxygens (including phenoxy) is 2. The molecular weight excluding hydrogens is 364 g/mol. The van der Waals surface area contributed by atoms with Gasteiger partial charge in [-0.1, -0.05) is 0 Å². The fourth-order valence-corrected chi connectivity index (χ4v) is 2.26. The first kappa shape index (κ1) is 16.8. The highest BCUT2D eigenvalue weighted by Gasteiger charge is 2.08. The molecule has 0 unspecified atom stereocenters. The van der Waals surface area contributed by atoms with Crippen molar-refractivity contribution >= 4 is 28.1 Å². The van der Waals surface area contributed by atoms with Crippen molar-refractivity contribution in [1.82, 2.24) is 5.43 Å². The van der Waals surface area contributed by atoms with Crippen LogP contribution in [-0.4, -0.2) is 31.4 Å². The summed E-state index contributed by atoms with van der Waals surface area (Å²) in [5, 5.41) is 13.6. The fraction of sp³-hybridized carbons (Fsp3) is 0.125. The summed E-state index contributed by atoms with van der Waals surface area (Å²) in [5.41, 5.74) is 3.55. The SMILES string of the molecule is COc1ccc(C(=O)N/N=C/c2cc(Br)c(O)c(OC)c2)cc1. The smallest absolute Gasteiger partial charge is 0.271 e. The molecule has 0 heterocycles. The molecule has 0 saturated carbocycles. The first-order chi connectivity index (χ1) is 11.0. The Kier molecular flexibility index (Phi) is 5.59. The third-order valence-corrected chi connectivity index (χ3v) is 3.61. The predicted octanol–water partition coefficient (Wildman–Crippen LogP) is 2.94. The van der Waals surface area contributed by atoms with Gasteiger partial charge in [0.05, 0.1) is 24.9 Å². The van der Waals surface area contributed by atoms with Crippen LogP contribution in [0.1, 0.15) is 15.9 Å². The lowest BCUT2D eigenvalue weighted by Gasteiger charge is -2.06. The average molecular weight is 379 g/mol. The van der Waals surface area contributed by atoms with Crippen LogP contribution in [0.5, 0.6) is 17.2 Å². The molecule has 0 fully saturated rings. The van der Waals surface area contributed by atoms with Gasteiger partial charge >= 0.3 is 0 Å². The van der Waals surface area contributed by atoms with E-state index in [-0.39, 0.29) is 11.7 Å². The van der Waals surface area contributed by atoms with E-state index in [1.165, 1.54) is 13.3 Å². The van der Waals surface area contributed by atoms with Crippen LogP contribution in [0, 0.1) is 0 Å². The molecule has 6 nitrogen and oxygen atoms in total. The monoisotopic (exact) mass is 378 g/mol. The number of rotatable bonds is 5. The molecule has 0 radical (unpaired) electrons. The van der Waals surface area contributed by atoms with E-state index in [1.54, 1.807) is 43.5 Å². The van der Waals surface area contributed by atoms with Crippen molar-refractivity contribution in [3.63, 3.8) is 0 Å². The van der Waals surface area contributed by atoms with Gasteiger partial charge < -0.3 is 14.6 Å². The van der Waals surface area contributed by atoms with E-state index in [1.807, 2.05) is 0 Å². The number of nitrogens with zero attached hydrogens (tertiary/aromatic N) is 1. The topological polar surface area (TPSA) is 80.2 Å². The molecule has 23 heavy (non-hydrogen) atoms. The number of hydrogen-bond acceptors (Lipinski definition) is 5. The molecule has 2 aromatic rings. The number of halogens is 1. The number of phenols is 1. The molecule has 0 aromatic heterocycles. The van der Waals surface area contributed by atoms with E-state index in [2.05, 4.69) is 26.5 Å². The molecule has 0 aliphatic rings. The normalized spacial score (nSPS) is 10.6. The highest BCUT2D eigenvalue weighted by atomic mass is 79.9. The number of aromatic hydroxyl groups is 1. The zero-order valence-corrected chi connectivity index (χ0v) is 14.1. The lowest BCUT2D eigenvalue weighted by molar-refractivity contribution is 0.0955. The number of benzene rings is 2. The first-order valence-electron chi connectivity index (χ1n) is 6.59. The zero-order valence-electron chi connectivity index (χ0n) is 12.5. The molecule has 2 N–H and O–H groups in total. The van der Waals surface area contributed by atoms with Crippen molar-refractivity contribution in [1.29, 1.82) is 0 Å². The van der Waals surface area contributed by atoms with Crippen LogP contribution in [0.2, 0.25) is 0 Å². The summed E-state index contributed by atoms with van der Waals surface area (Å²) in [6.45, 7) is 0. The molecule has 1 amide bonds. The number of phenolic OH excluding ortho intramolecular Hbond substituents is 1. The summed E-state index contributed by atoms with van der Waals surface area (Å²) < 4.78 is 10.5. The summed E-state index contributed by atoms with van der Waals surface area (Å²) in [6, 6.07) is 9.93. The second-order valence-corrected chi connectivity index (χ2v) is 5.34. The van der Waals surface area contributed by atoms with Gasteiger partial charge in [0.2, 0.25) is 0 Å². The van der Waals surface area contributed by atoms with E-state index >= 15 is 0 Å². The number of carbonyl (C=O) groups excluding carboxylic acids is 1. The van der Waals surface area contributed by atoms with Gasteiger partial charge in [0.15, 0.2) is 11.5 Å². The molecule has 0 spiro atoms. The number of carbonyl (C=O) groups is 1. The minimum atomic E-state index is -0.339. The quantitative estimate of drug-likeness (QED) is 0.619.